The Kier molecular flexibility index (Phi) is 6.45. The zero-order chi connectivity index (χ0) is 10.9. The highest BCUT2D eigenvalue weighted by atomic mass is 35.5. The van der Waals surface area contributed by atoms with Crippen LogP contribution in [0.25, 0.3) is 0 Å². The molecule has 0 aromatic heterocycles. The summed E-state index contributed by atoms with van der Waals surface area (Å²) in [5.74, 6) is 0. The molecule has 0 amide bonds. The quantitative estimate of drug-likeness (QED) is 0.701. The van der Waals surface area contributed by atoms with Gasteiger partial charge in [0, 0.05) is 11.6 Å². The SMILES string of the molecule is OCCCCCCCc1ccc(Cl)cc1. The first kappa shape index (κ1) is 12.5. The molecule has 0 bridgehead atoms. The Balaban J connectivity index is 2.07. The lowest BCUT2D eigenvalue weighted by atomic mass is 10.1. The van der Waals surface area contributed by atoms with E-state index in [2.05, 4.69) is 12.1 Å². The van der Waals surface area contributed by atoms with E-state index in [0.717, 1.165) is 24.3 Å². The Hall–Kier alpha value is -0.530. The number of benzene rings is 1. The van der Waals surface area contributed by atoms with Gasteiger partial charge < -0.3 is 5.11 Å². The van der Waals surface area contributed by atoms with Crippen molar-refractivity contribution in [2.24, 2.45) is 0 Å². The van der Waals surface area contributed by atoms with E-state index in [1.54, 1.807) is 0 Å². The smallest absolute Gasteiger partial charge is 0.0431 e. The minimum Gasteiger partial charge on any atom is -0.396 e. The third-order valence-electron chi connectivity index (χ3n) is 2.54. The molecule has 0 fully saturated rings. The highest BCUT2D eigenvalue weighted by molar-refractivity contribution is 6.30. The van der Waals surface area contributed by atoms with Crippen molar-refractivity contribution in [3.8, 4) is 0 Å². The summed E-state index contributed by atoms with van der Waals surface area (Å²) in [4.78, 5) is 0. The van der Waals surface area contributed by atoms with Gasteiger partial charge in [-0.05, 0) is 37.0 Å². The van der Waals surface area contributed by atoms with Crippen LogP contribution in [-0.4, -0.2) is 11.7 Å². The van der Waals surface area contributed by atoms with Gasteiger partial charge in [-0.2, -0.15) is 0 Å². The highest BCUT2D eigenvalue weighted by Crippen LogP contribution is 2.12. The number of unbranched alkanes of at least 4 members (excludes halogenated alkanes) is 4. The van der Waals surface area contributed by atoms with Crippen LogP contribution in [0.5, 0.6) is 0 Å². The summed E-state index contributed by atoms with van der Waals surface area (Å²) >= 11 is 5.81. The number of aliphatic hydroxyl groups is 1. The van der Waals surface area contributed by atoms with Crippen molar-refractivity contribution in [2.45, 2.75) is 38.5 Å². The van der Waals surface area contributed by atoms with Gasteiger partial charge in [-0.1, -0.05) is 43.0 Å². The standard InChI is InChI=1S/C13H19ClO/c14-13-9-7-12(8-10-13)6-4-2-1-3-5-11-15/h7-10,15H,1-6,11H2. The van der Waals surface area contributed by atoms with Crippen LogP contribution in [0.2, 0.25) is 5.02 Å². The number of rotatable bonds is 7. The van der Waals surface area contributed by atoms with Crippen LogP contribution in [0.4, 0.5) is 0 Å². The summed E-state index contributed by atoms with van der Waals surface area (Å²) in [5, 5.41) is 9.42. The van der Waals surface area contributed by atoms with E-state index >= 15 is 0 Å². The average Bonchev–Trinajstić information content (AvgIpc) is 2.26. The summed E-state index contributed by atoms with van der Waals surface area (Å²) in [5.41, 5.74) is 1.36. The topological polar surface area (TPSA) is 20.2 Å². The lowest BCUT2D eigenvalue weighted by Gasteiger charge is -2.01. The monoisotopic (exact) mass is 226 g/mol. The molecule has 0 heterocycles. The van der Waals surface area contributed by atoms with Gasteiger partial charge in [0.2, 0.25) is 0 Å². The van der Waals surface area contributed by atoms with E-state index < -0.39 is 0 Å². The lowest BCUT2D eigenvalue weighted by molar-refractivity contribution is 0.282. The van der Waals surface area contributed by atoms with Crippen molar-refractivity contribution in [1.29, 1.82) is 0 Å². The molecule has 0 saturated carbocycles. The highest BCUT2D eigenvalue weighted by Gasteiger charge is 1.94. The largest absolute Gasteiger partial charge is 0.396 e. The van der Waals surface area contributed by atoms with Crippen LogP contribution in [-0.2, 0) is 6.42 Å². The third kappa shape index (κ3) is 5.81. The molecule has 1 rings (SSSR count). The van der Waals surface area contributed by atoms with Crippen molar-refractivity contribution >= 4 is 11.6 Å². The number of aliphatic hydroxyl groups excluding tert-OH is 1. The Labute approximate surface area is 97.1 Å². The minimum absolute atomic E-state index is 0.331. The Bertz CT molecular complexity index is 256. The Morgan fingerprint density at radius 1 is 0.867 bits per heavy atom. The summed E-state index contributed by atoms with van der Waals surface area (Å²) in [6, 6.07) is 8.08. The van der Waals surface area contributed by atoms with Crippen LogP contribution in [0.15, 0.2) is 24.3 Å². The Morgan fingerprint density at radius 2 is 1.47 bits per heavy atom. The van der Waals surface area contributed by atoms with E-state index in [-0.39, 0.29) is 0 Å². The van der Waals surface area contributed by atoms with Gasteiger partial charge in [0.25, 0.3) is 0 Å². The molecule has 0 aliphatic heterocycles. The van der Waals surface area contributed by atoms with Gasteiger partial charge in [-0.25, -0.2) is 0 Å². The van der Waals surface area contributed by atoms with Crippen LogP contribution in [0, 0.1) is 0 Å². The van der Waals surface area contributed by atoms with Crippen molar-refractivity contribution in [3.63, 3.8) is 0 Å². The normalized spacial score (nSPS) is 10.5. The molecule has 15 heavy (non-hydrogen) atoms. The van der Waals surface area contributed by atoms with Crippen molar-refractivity contribution in [3.05, 3.63) is 34.9 Å². The zero-order valence-corrected chi connectivity index (χ0v) is 9.84. The molecule has 1 aromatic rings. The molecule has 0 saturated heterocycles. The van der Waals surface area contributed by atoms with Crippen LogP contribution in [0.3, 0.4) is 0 Å². The predicted octanol–water partition coefficient (Wildman–Crippen LogP) is 3.83. The molecule has 0 unspecified atom stereocenters. The fourth-order valence-corrected chi connectivity index (χ4v) is 1.75. The maximum absolute atomic E-state index is 8.61. The fraction of sp³-hybridized carbons (Fsp3) is 0.538. The Morgan fingerprint density at radius 3 is 2.13 bits per heavy atom. The van der Waals surface area contributed by atoms with E-state index in [1.165, 1.54) is 24.8 Å². The first-order valence-corrected chi connectivity index (χ1v) is 6.06. The first-order valence-electron chi connectivity index (χ1n) is 5.68. The molecular formula is C13H19ClO. The summed E-state index contributed by atoms with van der Waals surface area (Å²) in [6.07, 6.45) is 6.94. The lowest BCUT2D eigenvalue weighted by Crippen LogP contribution is -1.87. The first-order chi connectivity index (χ1) is 7.33. The van der Waals surface area contributed by atoms with Crippen LogP contribution < -0.4 is 0 Å². The molecule has 0 radical (unpaired) electrons. The van der Waals surface area contributed by atoms with Crippen molar-refractivity contribution < 1.29 is 5.11 Å². The molecule has 1 aromatic carbocycles. The molecule has 0 aliphatic carbocycles. The van der Waals surface area contributed by atoms with Gasteiger partial charge >= 0.3 is 0 Å². The fourth-order valence-electron chi connectivity index (χ4n) is 1.62. The number of hydrogen-bond acceptors (Lipinski definition) is 1. The van der Waals surface area contributed by atoms with Gasteiger partial charge in [-0.15, -0.1) is 0 Å². The third-order valence-corrected chi connectivity index (χ3v) is 2.79. The minimum atomic E-state index is 0.331. The average molecular weight is 227 g/mol. The van der Waals surface area contributed by atoms with Crippen LogP contribution in [0.1, 0.15) is 37.7 Å². The molecule has 84 valence electrons. The van der Waals surface area contributed by atoms with Crippen molar-refractivity contribution in [2.75, 3.05) is 6.61 Å². The molecule has 0 atom stereocenters. The van der Waals surface area contributed by atoms with Crippen molar-refractivity contribution in [1.82, 2.24) is 0 Å². The van der Waals surface area contributed by atoms with Gasteiger partial charge in [0.15, 0.2) is 0 Å². The maximum Gasteiger partial charge on any atom is 0.0431 e. The summed E-state index contributed by atoms with van der Waals surface area (Å²) in [6.45, 7) is 0.331. The maximum atomic E-state index is 8.61. The van der Waals surface area contributed by atoms with E-state index in [0.29, 0.717) is 6.61 Å². The van der Waals surface area contributed by atoms with E-state index in [9.17, 15) is 0 Å². The zero-order valence-electron chi connectivity index (χ0n) is 9.08. The van der Waals surface area contributed by atoms with E-state index in [4.69, 9.17) is 16.7 Å². The molecule has 1 nitrogen and oxygen atoms in total. The summed E-state index contributed by atoms with van der Waals surface area (Å²) < 4.78 is 0. The van der Waals surface area contributed by atoms with Gasteiger partial charge in [-0.3, -0.25) is 0 Å². The second-order valence-corrected chi connectivity index (χ2v) is 4.30. The number of hydrogen-bond donors (Lipinski definition) is 1. The molecular weight excluding hydrogens is 208 g/mol. The molecule has 0 spiro atoms. The molecule has 1 N–H and O–H groups in total. The summed E-state index contributed by atoms with van der Waals surface area (Å²) in [7, 11) is 0. The van der Waals surface area contributed by atoms with Gasteiger partial charge in [0.1, 0.15) is 0 Å². The van der Waals surface area contributed by atoms with Crippen LogP contribution >= 0.6 is 11.6 Å². The van der Waals surface area contributed by atoms with E-state index in [1.807, 2.05) is 12.1 Å². The van der Waals surface area contributed by atoms with Gasteiger partial charge in [0.05, 0.1) is 0 Å². The second-order valence-electron chi connectivity index (χ2n) is 3.87. The second kappa shape index (κ2) is 7.72. The number of aryl methyl sites for hydroxylation is 1. The predicted molar refractivity (Wildman–Crippen MR) is 65.3 cm³/mol. The molecule has 0 aliphatic rings. The molecule has 2 heteroatoms. The number of halogens is 1.